The molecule has 2 aliphatic rings. The van der Waals surface area contributed by atoms with Gasteiger partial charge in [0.25, 0.3) is 0 Å². The summed E-state index contributed by atoms with van der Waals surface area (Å²) in [4.78, 5) is 2.78. The van der Waals surface area contributed by atoms with Crippen LogP contribution in [0.1, 0.15) is 59.3 Å². The molecule has 2 rings (SSSR count). The summed E-state index contributed by atoms with van der Waals surface area (Å²) in [6, 6.07) is 2.25. The Balaban J connectivity index is 1.83. The van der Waals surface area contributed by atoms with Crippen LogP contribution in [0, 0.1) is 5.92 Å². The maximum atomic E-state index is 3.72. The zero-order valence-electron chi connectivity index (χ0n) is 11.9. The van der Waals surface area contributed by atoms with Gasteiger partial charge < -0.3 is 5.32 Å². The first-order chi connectivity index (χ1) is 8.15. The number of hydrogen-bond acceptors (Lipinski definition) is 2. The summed E-state index contributed by atoms with van der Waals surface area (Å²) >= 11 is 0. The molecule has 1 saturated heterocycles. The zero-order chi connectivity index (χ0) is 12.3. The van der Waals surface area contributed by atoms with E-state index in [1.807, 2.05) is 0 Å². The van der Waals surface area contributed by atoms with Crippen molar-refractivity contribution in [2.45, 2.75) is 77.4 Å². The topological polar surface area (TPSA) is 15.3 Å². The van der Waals surface area contributed by atoms with Crippen LogP contribution in [0.5, 0.6) is 0 Å². The highest BCUT2D eigenvalue weighted by Gasteiger charge is 2.28. The summed E-state index contributed by atoms with van der Waals surface area (Å²) < 4.78 is 0. The van der Waals surface area contributed by atoms with E-state index in [2.05, 4.69) is 31.0 Å². The fraction of sp³-hybridized carbons (Fsp3) is 1.00. The third kappa shape index (κ3) is 3.96. The third-order valence-electron chi connectivity index (χ3n) is 4.45. The Hall–Kier alpha value is -0.0800. The van der Waals surface area contributed by atoms with Crippen LogP contribution >= 0.6 is 0 Å². The van der Waals surface area contributed by atoms with E-state index in [-0.39, 0.29) is 0 Å². The lowest BCUT2D eigenvalue weighted by molar-refractivity contribution is 0.0936. The minimum absolute atomic E-state index is 0.630. The van der Waals surface area contributed by atoms with Gasteiger partial charge in [-0.25, -0.2) is 0 Å². The summed E-state index contributed by atoms with van der Waals surface area (Å²) in [6.07, 6.45) is 8.54. The minimum atomic E-state index is 0.630. The molecule has 1 N–H and O–H groups in total. The Morgan fingerprint density at radius 3 is 2.65 bits per heavy atom. The molecule has 0 spiro atoms. The van der Waals surface area contributed by atoms with Crippen LogP contribution in [-0.4, -0.2) is 36.1 Å². The van der Waals surface area contributed by atoms with Crippen LogP contribution in [0.3, 0.4) is 0 Å². The van der Waals surface area contributed by atoms with E-state index in [9.17, 15) is 0 Å². The molecule has 0 amide bonds. The molecule has 1 aliphatic heterocycles. The number of nitrogens with one attached hydrogen (secondary N) is 1. The molecule has 3 unspecified atom stereocenters. The van der Waals surface area contributed by atoms with Gasteiger partial charge in [0, 0.05) is 24.7 Å². The monoisotopic (exact) mass is 238 g/mol. The Morgan fingerprint density at radius 1 is 1.12 bits per heavy atom. The minimum Gasteiger partial charge on any atom is -0.311 e. The van der Waals surface area contributed by atoms with Crippen molar-refractivity contribution >= 4 is 0 Å². The fourth-order valence-electron chi connectivity index (χ4n) is 3.68. The van der Waals surface area contributed by atoms with E-state index in [0.717, 1.165) is 18.0 Å². The van der Waals surface area contributed by atoms with Crippen LogP contribution < -0.4 is 5.32 Å². The molecule has 1 aliphatic carbocycles. The highest BCUT2D eigenvalue weighted by molar-refractivity contribution is 4.86. The van der Waals surface area contributed by atoms with E-state index in [1.165, 1.54) is 51.6 Å². The lowest BCUT2D eigenvalue weighted by Gasteiger charge is -2.42. The Labute approximate surface area is 107 Å². The first-order valence-corrected chi connectivity index (χ1v) is 7.65. The van der Waals surface area contributed by atoms with Gasteiger partial charge in [-0.15, -0.1) is 0 Å². The summed E-state index contributed by atoms with van der Waals surface area (Å²) in [5.41, 5.74) is 0. The normalized spacial score (nSPS) is 36.4. The Kier molecular flexibility index (Phi) is 4.87. The summed E-state index contributed by atoms with van der Waals surface area (Å²) in [7, 11) is 0. The van der Waals surface area contributed by atoms with Gasteiger partial charge in [-0.3, -0.25) is 4.90 Å². The quantitative estimate of drug-likeness (QED) is 0.813. The molecule has 100 valence electrons. The lowest BCUT2D eigenvalue weighted by atomic mass is 9.85. The highest BCUT2D eigenvalue weighted by atomic mass is 15.2. The number of nitrogens with zero attached hydrogens (tertiary/aromatic N) is 1. The van der Waals surface area contributed by atoms with Crippen LogP contribution in [0.4, 0.5) is 0 Å². The predicted octanol–water partition coefficient (Wildman–Crippen LogP) is 3.03. The van der Waals surface area contributed by atoms with E-state index in [1.54, 1.807) is 0 Å². The van der Waals surface area contributed by atoms with Gasteiger partial charge in [0.2, 0.25) is 0 Å². The lowest BCUT2D eigenvalue weighted by Crippen LogP contribution is -2.51. The van der Waals surface area contributed by atoms with Crippen LogP contribution in [0.25, 0.3) is 0 Å². The van der Waals surface area contributed by atoms with Gasteiger partial charge in [-0.1, -0.05) is 33.6 Å². The third-order valence-corrected chi connectivity index (χ3v) is 4.45. The molecule has 0 aromatic rings. The summed E-state index contributed by atoms with van der Waals surface area (Å²) in [6.45, 7) is 9.59. The first kappa shape index (κ1) is 13.4. The van der Waals surface area contributed by atoms with Crippen molar-refractivity contribution in [3.05, 3.63) is 0 Å². The molecule has 0 aromatic carbocycles. The summed E-state index contributed by atoms with van der Waals surface area (Å²) in [5, 5.41) is 3.72. The molecular weight excluding hydrogens is 208 g/mol. The van der Waals surface area contributed by atoms with Crippen molar-refractivity contribution < 1.29 is 0 Å². The number of piperidine rings is 1. The first-order valence-electron chi connectivity index (χ1n) is 7.65. The van der Waals surface area contributed by atoms with Gasteiger partial charge in [0.05, 0.1) is 0 Å². The van der Waals surface area contributed by atoms with E-state index < -0.39 is 0 Å². The number of rotatable bonds is 3. The zero-order valence-corrected chi connectivity index (χ0v) is 11.9. The molecule has 3 atom stereocenters. The van der Waals surface area contributed by atoms with Crippen molar-refractivity contribution in [2.24, 2.45) is 5.92 Å². The maximum absolute atomic E-state index is 3.72. The smallest absolute Gasteiger partial charge is 0.0197 e. The van der Waals surface area contributed by atoms with Crippen molar-refractivity contribution in [1.82, 2.24) is 10.2 Å². The molecule has 2 heteroatoms. The molecule has 0 aromatic heterocycles. The standard InChI is InChI=1S/C15H30N2/c1-12(2)16-14-7-5-9-17(11-14)15-8-4-6-13(3)10-15/h12-16H,4-11H2,1-3H3. The van der Waals surface area contributed by atoms with Gasteiger partial charge in [0.1, 0.15) is 0 Å². The Bertz CT molecular complexity index is 227. The van der Waals surface area contributed by atoms with Crippen LogP contribution in [0.2, 0.25) is 0 Å². The second-order valence-electron chi connectivity index (χ2n) is 6.58. The SMILES string of the molecule is CC1CCCC(N2CCCC(NC(C)C)C2)C1. The molecule has 2 fully saturated rings. The molecule has 1 heterocycles. The van der Waals surface area contributed by atoms with Gasteiger partial charge in [-0.05, 0) is 38.1 Å². The molecule has 0 radical (unpaired) electrons. The highest BCUT2D eigenvalue weighted by Crippen LogP contribution is 2.29. The van der Waals surface area contributed by atoms with Gasteiger partial charge in [0.15, 0.2) is 0 Å². The van der Waals surface area contributed by atoms with E-state index in [4.69, 9.17) is 0 Å². The van der Waals surface area contributed by atoms with Crippen LogP contribution in [-0.2, 0) is 0 Å². The average molecular weight is 238 g/mol. The second-order valence-corrected chi connectivity index (χ2v) is 6.58. The largest absolute Gasteiger partial charge is 0.311 e. The van der Waals surface area contributed by atoms with Crippen molar-refractivity contribution in [1.29, 1.82) is 0 Å². The van der Waals surface area contributed by atoms with Gasteiger partial charge in [-0.2, -0.15) is 0 Å². The van der Waals surface area contributed by atoms with Gasteiger partial charge >= 0.3 is 0 Å². The van der Waals surface area contributed by atoms with E-state index >= 15 is 0 Å². The summed E-state index contributed by atoms with van der Waals surface area (Å²) in [5.74, 6) is 0.951. The molecular formula is C15H30N2. The molecule has 1 saturated carbocycles. The van der Waals surface area contributed by atoms with Crippen LogP contribution in [0.15, 0.2) is 0 Å². The Morgan fingerprint density at radius 2 is 1.94 bits per heavy atom. The molecule has 17 heavy (non-hydrogen) atoms. The molecule has 0 bridgehead atoms. The van der Waals surface area contributed by atoms with Crippen molar-refractivity contribution in [2.75, 3.05) is 13.1 Å². The molecule has 2 nitrogen and oxygen atoms in total. The number of likely N-dealkylation sites (tertiary alicyclic amines) is 1. The van der Waals surface area contributed by atoms with Crippen molar-refractivity contribution in [3.63, 3.8) is 0 Å². The maximum Gasteiger partial charge on any atom is 0.0197 e. The number of hydrogen-bond donors (Lipinski definition) is 1. The predicted molar refractivity (Wildman–Crippen MR) is 74.3 cm³/mol. The second kappa shape index (κ2) is 6.19. The van der Waals surface area contributed by atoms with Crippen molar-refractivity contribution in [3.8, 4) is 0 Å². The average Bonchev–Trinajstić information content (AvgIpc) is 2.28. The fourth-order valence-corrected chi connectivity index (χ4v) is 3.68. The van der Waals surface area contributed by atoms with E-state index in [0.29, 0.717) is 6.04 Å².